The van der Waals surface area contributed by atoms with Crippen LogP contribution in [0.4, 0.5) is 0 Å². The summed E-state index contributed by atoms with van der Waals surface area (Å²) >= 11 is 0. The number of aliphatic hydroxyl groups is 2. The minimum absolute atomic E-state index is 0.0297. The van der Waals surface area contributed by atoms with E-state index in [1.807, 2.05) is 6.92 Å². The molecule has 0 aromatic carbocycles. The Kier molecular flexibility index (Phi) is 5.91. The van der Waals surface area contributed by atoms with Crippen molar-refractivity contribution in [1.82, 2.24) is 0 Å². The fourth-order valence-corrected chi connectivity index (χ4v) is 2.15. The summed E-state index contributed by atoms with van der Waals surface area (Å²) in [4.78, 5) is 21.9. The van der Waals surface area contributed by atoms with Gasteiger partial charge in [0.15, 0.2) is 0 Å². The molecule has 1 saturated heterocycles. The smallest absolute Gasteiger partial charge is 0.305 e. The van der Waals surface area contributed by atoms with Gasteiger partial charge in [-0.1, -0.05) is 13.8 Å². The van der Waals surface area contributed by atoms with E-state index in [0.717, 1.165) is 0 Å². The van der Waals surface area contributed by atoms with E-state index in [2.05, 4.69) is 0 Å². The van der Waals surface area contributed by atoms with Gasteiger partial charge < -0.3 is 24.4 Å². The lowest BCUT2D eigenvalue weighted by molar-refractivity contribution is -0.227. The largest absolute Gasteiger partial charge is 0.463 e. The Hall–Kier alpha value is -1.18. The van der Waals surface area contributed by atoms with Crippen LogP contribution in [-0.4, -0.2) is 53.4 Å². The highest BCUT2D eigenvalue weighted by molar-refractivity contribution is 5.66. The van der Waals surface area contributed by atoms with Crippen molar-refractivity contribution < 1.29 is 34.0 Å². The zero-order valence-electron chi connectivity index (χ0n) is 12.1. The first-order valence-corrected chi connectivity index (χ1v) is 6.56. The second-order valence-corrected chi connectivity index (χ2v) is 5.15. The zero-order chi connectivity index (χ0) is 15.4. The van der Waals surface area contributed by atoms with Crippen molar-refractivity contribution in [3.8, 4) is 0 Å². The molecule has 116 valence electrons. The highest BCUT2D eigenvalue weighted by Crippen LogP contribution is 2.30. The minimum Gasteiger partial charge on any atom is -0.463 e. The molecule has 7 heteroatoms. The summed E-state index contributed by atoms with van der Waals surface area (Å²) in [6.07, 6.45) is -4.31. The molecule has 0 saturated carbocycles. The van der Waals surface area contributed by atoms with Gasteiger partial charge in [-0.3, -0.25) is 9.59 Å². The number of hydrogen-bond donors (Lipinski definition) is 2. The van der Waals surface area contributed by atoms with Crippen LogP contribution >= 0.6 is 0 Å². The molecule has 0 aromatic rings. The van der Waals surface area contributed by atoms with Crippen molar-refractivity contribution in [3.63, 3.8) is 0 Å². The van der Waals surface area contributed by atoms with Crippen LogP contribution in [0, 0.1) is 11.8 Å². The first-order valence-electron chi connectivity index (χ1n) is 6.56. The number of hydrogen-bond acceptors (Lipinski definition) is 7. The summed E-state index contributed by atoms with van der Waals surface area (Å²) < 4.78 is 15.3. The number of carbonyl (C=O) groups excluding carboxylic acids is 2. The van der Waals surface area contributed by atoms with Gasteiger partial charge in [0.25, 0.3) is 0 Å². The van der Waals surface area contributed by atoms with Gasteiger partial charge in [0.2, 0.25) is 6.29 Å². The fourth-order valence-electron chi connectivity index (χ4n) is 2.15. The Morgan fingerprint density at radius 3 is 2.15 bits per heavy atom. The van der Waals surface area contributed by atoms with Gasteiger partial charge in [0.1, 0.15) is 12.7 Å². The molecular weight excluding hydrogens is 268 g/mol. The minimum atomic E-state index is -1.35. The number of carbonyl (C=O) groups is 2. The number of esters is 2. The summed E-state index contributed by atoms with van der Waals surface area (Å²) in [6, 6.07) is 0. The summed E-state index contributed by atoms with van der Waals surface area (Å²) in [7, 11) is 0. The molecule has 0 amide bonds. The molecule has 1 unspecified atom stereocenters. The molecule has 1 heterocycles. The lowest BCUT2D eigenvalue weighted by Crippen LogP contribution is -2.42. The second-order valence-electron chi connectivity index (χ2n) is 5.15. The Balaban J connectivity index is 2.87. The van der Waals surface area contributed by atoms with E-state index < -0.39 is 36.5 Å². The first-order chi connectivity index (χ1) is 9.23. The van der Waals surface area contributed by atoms with Gasteiger partial charge in [-0.25, -0.2) is 0 Å². The fraction of sp³-hybridized carbons (Fsp3) is 0.846. The predicted molar refractivity (Wildman–Crippen MR) is 67.4 cm³/mol. The Morgan fingerprint density at radius 1 is 1.05 bits per heavy atom. The quantitative estimate of drug-likeness (QED) is 0.696. The zero-order valence-corrected chi connectivity index (χ0v) is 12.1. The number of rotatable bonds is 3. The standard InChI is InChI=1S/C13H22O7/c1-6-7(2)11(16)12(17)13(19-9(4)15)20-10(6)5-18-8(3)14/h6-7,10-13,16-17H,5H2,1-4H3/t6-,7-,10+,11+,12+,13?/m0/s1. The third-order valence-electron chi connectivity index (χ3n) is 3.63. The van der Waals surface area contributed by atoms with E-state index in [9.17, 15) is 19.8 Å². The van der Waals surface area contributed by atoms with E-state index in [0.29, 0.717) is 0 Å². The Morgan fingerprint density at radius 2 is 1.65 bits per heavy atom. The first kappa shape index (κ1) is 16.9. The molecule has 1 aliphatic heterocycles. The summed E-state index contributed by atoms with van der Waals surface area (Å²) in [5, 5.41) is 20.0. The van der Waals surface area contributed by atoms with Gasteiger partial charge in [-0.15, -0.1) is 0 Å². The van der Waals surface area contributed by atoms with Crippen LogP contribution in [-0.2, 0) is 23.8 Å². The van der Waals surface area contributed by atoms with Crippen molar-refractivity contribution in [2.45, 2.75) is 52.3 Å². The molecular formula is C13H22O7. The van der Waals surface area contributed by atoms with E-state index in [-0.39, 0.29) is 18.4 Å². The molecule has 7 nitrogen and oxygen atoms in total. The van der Waals surface area contributed by atoms with E-state index >= 15 is 0 Å². The molecule has 0 aliphatic carbocycles. The van der Waals surface area contributed by atoms with Crippen molar-refractivity contribution in [1.29, 1.82) is 0 Å². The van der Waals surface area contributed by atoms with Crippen molar-refractivity contribution >= 4 is 11.9 Å². The Bertz CT molecular complexity index is 357. The van der Waals surface area contributed by atoms with Crippen molar-refractivity contribution in [2.75, 3.05) is 6.61 Å². The average molecular weight is 290 g/mol. The lowest BCUT2D eigenvalue weighted by atomic mass is 9.85. The van der Waals surface area contributed by atoms with Gasteiger partial charge in [0.05, 0.1) is 12.2 Å². The number of aliphatic hydroxyl groups excluding tert-OH is 2. The Labute approximate surface area is 117 Å². The normalized spacial score (nSPS) is 37.9. The van der Waals surface area contributed by atoms with Crippen LogP contribution in [0.1, 0.15) is 27.7 Å². The monoisotopic (exact) mass is 290 g/mol. The van der Waals surface area contributed by atoms with Crippen LogP contribution in [0.3, 0.4) is 0 Å². The van der Waals surface area contributed by atoms with Crippen LogP contribution in [0.15, 0.2) is 0 Å². The molecule has 1 aliphatic rings. The second kappa shape index (κ2) is 7.01. The molecule has 0 aromatic heterocycles. The van der Waals surface area contributed by atoms with Crippen LogP contribution in [0.25, 0.3) is 0 Å². The maximum absolute atomic E-state index is 11.0. The summed E-state index contributed by atoms with van der Waals surface area (Å²) in [5.41, 5.74) is 0. The van der Waals surface area contributed by atoms with Crippen LogP contribution in [0.5, 0.6) is 0 Å². The molecule has 2 N–H and O–H groups in total. The van der Waals surface area contributed by atoms with Gasteiger partial charge >= 0.3 is 11.9 Å². The van der Waals surface area contributed by atoms with Gasteiger partial charge in [0, 0.05) is 13.8 Å². The molecule has 6 atom stereocenters. The van der Waals surface area contributed by atoms with Crippen LogP contribution < -0.4 is 0 Å². The lowest BCUT2D eigenvalue weighted by Gasteiger charge is -2.26. The molecule has 0 spiro atoms. The molecule has 0 radical (unpaired) electrons. The van der Waals surface area contributed by atoms with Crippen LogP contribution in [0.2, 0.25) is 0 Å². The predicted octanol–water partition coefficient (Wildman–Crippen LogP) is -0.169. The third kappa shape index (κ3) is 4.16. The third-order valence-corrected chi connectivity index (χ3v) is 3.63. The molecule has 1 fully saturated rings. The van der Waals surface area contributed by atoms with E-state index in [4.69, 9.17) is 14.2 Å². The van der Waals surface area contributed by atoms with Gasteiger partial charge in [-0.05, 0) is 11.8 Å². The van der Waals surface area contributed by atoms with E-state index in [1.54, 1.807) is 6.92 Å². The topological polar surface area (TPSA) is 102 Å². The van der Waals surface area contributed by atoms with Gasteiger partial charge in [-0.2, -0.15) is 0 Å². The average Bonchev–Trinajstić information content (AvgIpc) is 2.43. The van der Waals surface area contributed by atoms with E-state index in [1.165, 1.54) is 13.8 Å². The SMILES string of the molecule is CC(=O)OC[C@H]1OC(OC(C)=O)[C@H](O)[C@H](O)[C@@H](C)[C@@H]1C. The summed E-state index contributed by atoms with van der Waals surface area (Å²) in [5.74, 6) is -1.59. The highest BCUT2D eigenvalue weighted by atomic mass is 16.7. The number of ether oxygens (including phenoxy) is 3. The molecule has 1 rings (SSSR count). The van der Waals surface area contributed by atoms with Crippen molar-refractivity contribution in [3.05, 3.63) is 0 Å². The maximum Gasteiger partial charge on any atom is 0.305 e. The molecule has 20 heavy (non-hydrogen) atoms. The highest BCUT2D eigenvalue weighted by Gasteiger charge is 2.43. The van der Waals surface area contributed by atoms with Crippen molar-refractivity contribution in [2.24, 2.45) is 11.8 Å². The summed E-state index contributed by atoms with van der Waals surface area (Å²) in [6.45, 7) is 5.99. The molecule has 0 bridgehead atoms. The maximum atomic E-state index is 11.0.